The Morgan fingerprint density at radius 2 is 1.90 bits per heavy atom. The van der Waals surface area contributed by atoms with Gasteiger partial charge in [0, 0.05) is 31.1 Å². The normalized spacial score (nSPS) is 21.2. The summed E-state index contributed by atoms with van der Waals surface area (Å²) in [5.74, 6) is 0.742. The molecule has 0 spiro atoms. The average molecular weight is 306 g/mol. The van der Waals surface area contributed by atoms with Gasteiger partial charge in [0.1, 0.15) is 0 Å². The second-order valence-corrected chi connectivity index (χ2v) is 6.58. The second-order valence-electron chi connectivity index (χ2n) is 5.43. The number of carboxylic acid groups (broad SMARTS) is 1. The van der Waals surface area contributed by atoms with Gasteiger partial charge in [-0.15, -0.1) is 0 Å². The van der Waals surface area contributed by atoms with Crippen molar-refractivity contribution in [1.29, 1.82) is 0 Å². The third kappa shape index (κ3) is 3.00. The maximum atomic E-state index is 12.7. The lowest BCUT2D eigenvalue weighted by molar-refractivity contribution is -0.138. The SMILES string of the molecule is O=C(O)CC1CSCCN1C(=O)N1Cc2ccccc2C1. The smallest absolute Gasteiger partial charge is 0.320 e. The summed E-state index contributed by atoms with van der Waals surface area (Å²) in [6.07, 6.45) is 0.0273. The highest BCUT2D eigenvalue weighted by Gasteiger charge is 2.33. The van der Waals surface area contributed by atoms with Crippen molar-refractivity contribution < 1.29 is 14.7 Å². The van der Waals surface area contributed by atoms with Crippen LogP contribution in [0.25, 0.3) is 0 Å². The van der Waals surface area contributed by atoms with Crippen molar-refractivity contribution in [2.24, 2.45) is 0 Å². The Bertz CT molecular complexity index is 539. The van der Waals surface area contributed by atoms with Crippen molar-refractivity contribution >= 4 is 23.8 Å². The Kier molecular flexibility index (Phi) is 4.05. The van der Waals surface area contributed by atoms with E-state index in [2.05, 4.69) is 0 Å². The van der Waals surface area contributed by atoms with E-state index in [0.717, 1.165) is 5.75 Å². The van der Waals surface area contributed by atoms with Crippen LogP contribution < -0.4 is 0 Å². The molecule has 2 amide bonds. The van der Waals surface area contributed by atoms with E-state index in [1.165, 1.54) is 11.1 Å². The summed E-state index contributed by atoms with van der Waals surface area (Å²) in [5, 5.41) is 9.01. The molecule has 2 heterocycles. The van der Waals surface area contributed by atoms with Gasteiger partial charge in [-0.1, -0.05) is 24.3 Å². The average Bonchev–Trinajstić information content (AvgIpc) is 2.90. The van der Waals surface area contributed by atoms with Gasteiger partial charge >= 0.3 is 12.0 Å². The topological polar surface area (TPSA) is 60.9 Å². The van der Waals surface area contributed by atoms with Crippen molar-refractivity contribution in [3.05, 3.63) is 35.4 Å². The van der Waals surface area contributed by atoms with Gasteiger partial charge in [-0.2, -0.15) is 11.8 Å². The van der Waals surface area contributed by atoms with Crippen LogP contribution in [0.15, 0.2) is 24.3 Å². The number of carbonyl (C=O) groups is 2. The summed E-state index contributed by atoms with van der Waals surface area (Å²) in [5.41, 5.74) is 2.37. The Morgan fingerprint density at radius 3 is 2.52 bits per heavy atom. The fourth-order valence-corrected chi connectivity index (χ4v) is 3.99. The van der Waals surface area contributed by atoms with E-state index in [0.29, 0.717) is 25.4 Å². The number of hydrogen-bond donors (Lipinski definition) is 1. The molecule has 1 atom stereocenters. The number of amides is 2. The molecule has 6 heteroatoms. The maximum Gasteiger partial charge on any atom is 0.320 e. The van der Waals surface area contributed by atoms with Gasteiger partial charge in [-0.25, -0.2) is 4.79 Å². The van der Waals surface area contributed by atoms with E-state index in [9.17, 15) is 9.59 Å². The lowest BCUT2D eigenvalue weighted by Crippen LogP contribution is -2.51. The van der Waals surface area contributed by atoms with Crippen molar-refractivity contribution in [3.63, 3.8) is 0 Å². The monoisotopic (exact) mass is 306 g/mol. The van der Waals surface area contributed by atoms with Crippen LogP contribution in [-0.2, 0) is 17.9 Å². The molecule has 0 aliphatic carbocycles. The minimum Gasteiger partial charge on any atom is -0.481 e. The number of carbonyl (C=O) groups excluding carboxylic acids is 1. The predicted molar refractivity (Wildman–Crippen MR) is 81.2 cm³/mol. The number of aliphatic carboxylic acids is 1. The fourth-order valence-electron chi connectivity index (χ4n) is 2.93. The van der Waals surface area contributed by atoms with E-state index < -0.39 is 5.97 Å². The van der Waals surface area contributed by atoms with Crippen LogP contribution in [0.3, 0.4) is 0 Å². The first kappa shape index (κ1) is 14.3. The Labute approximate surface area is 127 Å². The van der Waals surface area contributed by atoms with Crippen LogP contribution >= 0.6 is 11.8 Å². The van der Waals surface area contributed by atoms with E-state index in [4.69, 9.17) is 5.11 Å². The Hall–Kier alpha value is -1.69. The minimum atomic E-state index is -0.843. The van der Waals surface area contributed by atoms with Crippen molar-refractivity contribution in [2.75, 3.05) is 18.1 Å². The molecule has 0 bridgehead atoms. The molecule has 2 aliphatic rings. The van der Waals surface area contributed by atoms with Crippen LogP contribution in [0, 0.1) is 0 Å². The third-order valence-corrected chi connectivity index (χ3v) is 5.09. The van der Waals surface area contributed by atoms with Crippen LogP contribution in [0.4, 0.5) is 4.79 Å². The predicted octanol–water partition coefficient (Wildman–Crippen LogP) is 2.01. The maximum absolute atomic E-state index is 12.7. The van der Waals surface area contributed by atoms with Gasteiger partial charge in [0.05, 0.1) is 12.5 Å². The van der Waals surface area contributed by atoms with E-state index >= 15 is 0 Å². The zero-order valence-electron chi connectivity index (χ0n) is 11.7. The van der Waals surface area contributed by atoms with Crippen LogP contribution in [-0.4, -0.2) is 51.0 Å². The quantitative estimate of drug-likeness (QED) is 0.908. The first-order valence-corrected chi connectivity index (χ1v) is 8.22. The molecule has 21 heavy (non-hydrogen) atoms. The van der Waals surface area contributed by atoms with Gasteiger partial charge in [0.15, 0.2) is 0 Å². The van der Waals surface area contributed by atoms with Gasteiger partial charge in [0.2, 0.25) is 0 Å². The number of benzene rings is 1. The highest BCUT2D eigenvalue weighted by Crippen LogP contribution is 2.26. The molecule has 1 fully saturated rings. The van der Waals surface area contributed by atoms with Crippen LogP contribution in [0.2, 0.25) is 0 Å². The Morgan fingerprint density at radius 1 is 1.24 bits per heavy atom. The molecule has 2 aliphatic heterocycles. The van der Waals surface area contributed by atoms with Gasteiger partial charge in [-0.3, -0.25) is 4.79 Å². The Balaban J connectivity index is 1.71. The molecule has 1 unspecified atom stereocenters. The molecule has 112 valence electrons. The summed E-state index contributed by atoms with van der Waals surface area (Å²) in [4.78, 5) is 27.2. The van der Waals surface area contributed by atoms with Gasteiger partial charge in [-0.05, 0) is 11.1 Å². The molecule has 1 N–H and O–H groups in total. The first-order valence-electron chi connectivity index (χ1n) is 7.07. The summed E-state index contributed by atoms with van der Waals surface area (Å²) in [7, 11) is 0. The van der Waals surface area contributed by atoms with Crippen LogP contribution in [0.1, 0.15) is 17.5 Å². The molecule has 0 radical (unpaired) electrons. The van der Waals surface area contributed by atoms with Gasteiger partial charge in [0.25, 0.3) is 0 Å². The molecule has 1 saturated heterocycles. The second kappa shape index (κ2) is 5.97. The molecule has 0 aromatic heterocycles. The summed E-state index contributed by atoms with van der Waals surface area (Å²) < 4.78 is 0. The molecule has 3 rings (SSSR count). The largest absolute Gasteiger partial charge is 0.481 e. The molecule has 0 saturated carbocycles. The van der Waals surface area contributed by atoms with E-state index in [1.54, 1.807) is 16.7 Å². The number of urea groups is 1. The highest BCUT2D eigenvalue weighted by atomic mass is 32.2. The van der Waals surface area contributed by atoms with Crippen LogP contribution in [0.5, 0.6) is 0 Å². The third-order valence-electron chi connectivity index (χ3n) is 3.99. The number of carboxylic acids is 1. The molecule has 1 aromatic rings. The lowest BCUT2D eigenvalue weighted by Gasteiger charge is -2.37. The van der Waals surface area contributed by atoms with Gasteiger partial charge < -0.3 is 14.9 Å². The number of fused-ring (bicyclic) bond motifs is 1. The van der Waals surface area contributed by atoms with Crippen molar-refractivity contribution in [2.45, 2.75) is 25.6 Å². The summed E-state index contributed by atoms with van der Waals surface area (Å²) in [6.45, 7) is 1.88. The molecule has 5 nitrogen and oxygen atoms in total. The van der Waals surface area contributed by atoms with E-state index in [-0.39, 0.29) is 18.5 Å². The fraction of sp³-hybridized carbons (Fsp3) is 0.467. The van der Waals surface area contributed by atoms with Crippen molar-refractivity contribution in [1.82, 2.24) is 9.80 Å². The standard InChI is InChI=1S/C15H18N2O3S/c18-14(19)7-13-10-21-6-5-17(13)15(20)16-8-11-3-1-2-4-12(11)9-16/h1-4,13H,5-10H2,(H,18,19). The summed E-state index contributed by atoms with van der Waals surface area (Å²) in [6, 6.07) is 7.83. The number of thioether (sulfide) groups is 1. The zero-order valence-corrected chi connectivity index (χ0v) is 12.5. The first-order chi connectivity index (χ1) is 10.1. The highest BCUT2D eigenvalue weighted by molar-refractivity contribution is 7.99. The minimum absolute atomic E-state index is 0.0273. The lowest BCUT2D eigenvalue weighted by atomic mass is 10.1. The zero-order chi connectivity index (χ0) is 14.8. The molecule has 1 aromatic carbocycles. The van der Waals surface area contributed by atoms with Crippen molar-refractivity contribution in [3.8, 4) is 0 Å². The number of hydrogen-bond acceptors (Lipinski definition) is 3. The molecular weight excluding hydrogens is 288 g/mol. The summed E-state index contributed by atoms with van der Waals surface area (Å²) >= 11 is 1.72. The van der Waals surface area contributed by atoms with E-state index in [1.807, 2.05) is 29.2 Å². The molecular formula is C15H18N2O3S. The number of nitrogens with zero attached hydrogens (tertiary/aromatic N) is 2. The number of rotatable bonds is 2.